The summed E-state index contributed by atoms with van der Waals surface area (Å²) in [5.41, 5.74) is -0.847. The van der Waals surface area contributed by atoms with Crippen molar-refractivity contribution in [1.29, 1.82) is 0 Å². The molecule has 0 saturated carbocycles. The van der Waals surface area contributed by atoms with Crippen LogP contribution in [-0.2, 0) is 19.1 Å². The zero-order valence-corrected chi connectivity index (χ0v) is 17.2. The lowest BCUT2D eigenvalue weighted by atomic mass is 10.0. The zero-order chi connectivity index (χ0) is 19.9. The maximum atomic E-state index is 12.4. The molecule has 26 heavy (non-hydrogen) atoms. The Morgan fingerprint density at radius 1 is 1.23 bits per heavy atom. The monoisotopic (exact) mass is 386 g/mol. The Morgan fingerprint density at radius 3 is 2.38 bits per heavy atom. The number of hydrogen-bond donors (Lipinski definition) is 0. The number of imide groups is 1. The minimum Gasteiger partial charge on any atom is -0.465 e. The molecule has 1 rings (SSSR count). The summed E-state index contributed by atoms with van der Waals surface area (Å²) in [4.78, 5) is 50.7. The van der Waals surface area contributed by atoms with Gasteiger partial charge in [-0.1, -0.05) is 25.1 Å². The molecule has 0 radical (unpaired) electrons. The van der Waals surface area contributed by atoms with E-state index in [4.69, 9.17) is 4.74 Å². The second-order valence-corrected chi connectivity index (χ2v) is 8.22. The number of hydrogen-bond acceptors (Lipinski definition) is 6. The number of unbranched alkanes of at least 4 members (excludes halogenated alkanes) is 1. The first kappa shape index (κ1) is 22.5. The summed E-state index contributed by atoms with van der Waals surface area (Å²) >= 11 is 1.10. The highest BCUT2D eigenvalue weighted by Gasteiger charge is 2.48. The summed E-state index contributed by atoms with van der Waals surface area (Å²) in [5.74, 6) is -0.610. The van der Waals surface area contributed by atoms with Crippen LogP contribution in [0.5, 0.6) is 0 Å². The van der Waals surface area contributed by atoms with E-state index in [1.54, 1.807) is 20.9 Å². The summed E-state index contributed by atoms with van der Waals surface area (Å²) in [6.07, 6.45) is 2.69. The summed E-state index contributed by atoms with van der Waals surface area (Å²) < 4.78 is 5.27. The van der Waals surface area contributed by atoms with Gasteiger partial charge in [0.05, 0.1) is 12.5 Å². The molecular formula is C18H30N2O5S. The average Bonchev–Trinajstić information content (AvgIpc) is 2.72. The number of esters is 1. The summed E-state index contributed by atoms with van der Waals surface area (Å²) in [6, 6.07) is -0.319. The van der Waals surface area contributed by atoms with Crippen molar-refractivity contribution in [3.8, 4) is 0 Å². The van der Waals surface area contributed by atoms with Crippen LogP contribution in [0.3, 0.4) is 0 Å². The van der Waals surface area contributed by atoms with E-state index in [0.29, 0.717) is 25.2 Å². The first-order chi connectivity index (χ1) is 12.1. The van der Waals surface area contributed by atoms with Gasteiger partial charge in [-0.2, -0.15) is 0 Å². The molecule has 1 saturated heterocycles. The van der Waals surface area contributed by atoms with Crippen LogP contribution in [0, 0.1) is 5.92 Å². The van der Waals surface area contributed by atoms with Crippen LogP contribution in [0.25, 0.3) is 0 Å². The van der Waals surface area contributed by atoms with Crippen molar-refractivity contribution in [2.75, 3.05) is 26.0 Å². The fourth-order valence-corrected chi connectivity index (χ4v) is 3.33. The number of urea groups is 1. The number of nitrogens with zero attached hydrogens (tertiary/aromatic N) is 2. The molecule has 0 aromatic carbocycles. The van der Waals surface area contributed by atoms with Gasteiger partial charge < -0.3 is 9.64 Å². The quantitative estimate of drug-likeness (QED) is 0.326. The molecule has 1 aliphatic rings. The predicted molar refractivity (Wildman–Crippen MR) is 101 cm³/mol. The zero-order valence-electron chi connectivity index (χ0n) is 16.4. The SMILES string of the molecule is CCCCOC(=O)C(CCCN1C(=O)N(C)C(C)(C)C1=O)CSC(C)=O. The molecule has 7 nitrogen and oxygen atoms in total. The van der Waals surface area contributed by atoms with Crippen molar-refractivity contribution in [3.63, 3.8) is 0 Å². The Hall–Kier alpha value is -1.57. The molecule has 0 bridgehead atoms. The lowest BCUT2D eigenvalue weighted by Gasteiger charge is -2.22. The van der Waals surface area contributed by atoms with Gasteiger partial charge in [0.2, 0.25) is 0 Å². The van der Waals surface area contributed by atoms with E-state index in [-0.39, 0.29) is 29.6 Å². The first-order valence-electron chi connectivity index (χ1n) is 9.02. The summed E-state index contributed by atoms with van der Waals surface area (Å²) in [7, 11) is 1.61. The third-order valence-corrected chi connectivity index (χ3v) is 5.60. The first-order valence-corrected chi connectivity index (χ1v) is 10.0. The molecule has 1 heterocycles. The van der Waals surface area contributed by atoms with E-state index < -0.39 is 11.5 Å². The fourth-order valence-electron chi connectivity index (χ4n) is 2.60. The van der Waals surface area contributed by atoms with Gasteiger partial charge in [0.15, 0.2) is 5.12 Å². The molecule has 3 amide bonds. The molecule has 0 N–H and O–H groups in total. The maximum Gasteiger partial charge on any atom is 0.327 e. The highest BCUT2D eigenvalue weighted by atomic mass is 32.2. The molecular weight excluding hydrogens is 356 g/mol. The molecule has 1 unspecified atom stereocenters. The van der Waals surface area contributed by atoms with Gasteiger partial charge in [-0.15, -0.1) is 0 Å². The van der Waals surface area contributed by atoms with Crippen LogP contribution in [0.4, 0.5) is 4.79 Å². The van der Waals surface area contributed by atoms with Gasteiger partial charge in [0.25, 0.3) is 5.91 Å². The van der Waals surface area contributed by atoms with E-state index in [2.05, 4.69) is 0 Å². The van der Waals surface area contributed by atoms with Crippen molar-refractivity contribution >= 4 is 34.8 Å². The lowest BCUT2D eigenvalue weighted by Crippen LogP contribution is -2.41. The Balaban J connectivity index is 2.60. The summed E-state index contributed by atoms with van der Waals surface area (Å²) in [6.45, 7) is 7.53. The van der Waals surface area contributed by atoms with E-state index in [9.17, 15) is 19.2 Å². The number of likely N-dealkylation sites (N-methyl/N-ethyl adjacent to an activating group) is 1. The standard InChI is InChI=1S/C18H30N2O5S/c1-6-7-11-25-15(22)14(12-26-13(2)21)9-8-10-20-16(23)18(3,4)19(5)17(20)24/h14H,6-12H2,1-5H3. The van der Waals surface area contributed by atoms with E-state index >= 15 is 0 Å². The number of rotatable bonds is 10. The van der Waals surface area contributed by atoms with Crippen molar-refractivity contribution < 1.29 is 23.9 Å². The third kappa shape index (κ3) is 5.72. The maximum absolute atomic E-state index is 12.4. The molecule has 0 aromatic heterocycles. The highest BCUT2D eigenvalue weighted by molar-refractivity contribution is 8.13. The minimum absolute atomic E-state index is 0.0513. The third-order valence-electron chi connectivity index (χ3n) is 4.62. The van der Waals surface area contributed by atoms with Crippen LogP contribution >= 0.6 is 11.8 Å². The Morgan fingerprint density at radius 2 is 1.88 bits per heavy atom. The van der Waals surface area contributed by atoms with Crippen LogP contribution < -0.4 is 0 Å². The van der Waals surface area contributed by atoms with Gasteiger partial charge in [-0.3, -0.25) is 19.3 Å². The topological polar surface area (TPSA) is 84.0 Å². The second-order valence-electron chi connectivity index (χ2n) is 7.02. The number of ether oxygens (including phenoxy) is 1. The second kappa shape index (κ2) is 9.94. The molecule has 1 fully saturated rings. The lowest BCUT2D eigenvalue weighted by molar-refractivity contribution is -0.148. The molecule has 1 aliphatic heterocycles. The van der Waals surface area contributed by atoms with Gasteiger partial charge in [0.1, 0.15) is 5.54 Å². The minimum atomic E-state index is -0.847. The van der Waals surface area contributed by atoms with E-state index in [0.717, 1.165) is 24.6 Å². The summed E-state index contributed by atoms with van der Waals surface area (Å²) in [5, 5.41) is -0.0513. The number of amides is 3. The number of carbonyl (C=O) groups excluding carboxylic acids is 4. The largest absolute Gasteiger partial charge is 0.465 e. The number of carbonyl (C=O) groups is 4. The van der Waals surface area contributed by atoms with Crippen LogP contribution in [0.15, 0.2) is 0 Å². The molecule has 0 aliphatic carbocycles. The Labute approximate surface area is 159 Å². The van der Waals surface area contributed by atoms with Crippen LogP contribution in [0.2, 0.25) is 0 Å². The average molecular weight is 387 g/mol. The van der Waals surface area contributed by atoms with Gasteiger partial charge >= 0.3 is 12.0 Å². The Bertz CT molecular complexity index is 550. The van der Waals surface area contributed by atoms with Crippen molar-refractivity contribution in [2.24, 2.45) is 5.92 Å². The van der Waals surface area contributed by atoms with Crippen molar-refractivity contribution in [2.45, 2.75) is 58.9 Å². The number of thioether (sulfide) groups is 1. The van der Waals surface area contributed by atoms with Crippen LogP contribution in [0.1, 0.15) is 53.4 Å². The van der Waals surface area contributed by atoms with Gasteiger partial charge in [-0.25, -0.2) is 4.79 Å². The predicted octanol–water partition coefficient (Wildman–Crippen LogP) is 2.68. The highest BCUT2D eigenvalue weighted by Crippen LogP contribution is 2.26. The van der Waals surface area contributed by atoms with Gasteiger partial charge in [0, 0.05) is 26.3 Å². The Kier molecular flexibility index (Phi) is 8.59. The normalized spacial score (nSPS) is 17.6. The molecule has 148 valence electrons. The molecule has 0 aromatic rings. The van der Waals surface area contributed by atoms with Crippen LogP contribution in [-0.4, -0.2) is 64.3 Å². The van der Waals surface area contributed by atoms with E-state index in [1.807, 2.05) is 6.92 Å². The molecule has 0 spiro atoms. The van der Waals surface area contributed by atoms with E-state index in [1.165, 1.54) is 16.7 Å². The van der Waals surface area contributed by atoms with Crippen molar-refractivity contribution in [3.05, 3.63) is 0 Å². The fraction of sp³-hybridized carbons (Fsp3) is 0.778. The van der Waals surface area contributed by atoms with Crippen molar-refractivity contribution in [1.82, 2.24) is 9.80 Å². The smallest absolute Gasteiger partial charge is 0.327 e. The van der Waals surface area contributed by atoms with Gasteiger partial charge in [-0.05, 0) is 33.1 Å². The molecule has 8 heteroatoms. The molecule has 1 atom stereocenters.